The lowest BCUT2D eigenvalue weighted by atomic mass is 10.0. The average Bonchev–Trinajstić information content (AvgIpc) is 2.70. The third-order valence-corrected chi connectivity index (χ3v) is 7.54. The van der Waals surface area contributed by atoms with E-state index < -0.39 is 83.5 Å². The summed E-state index contributed by atoms with van der Waals surface area (Å²) in [5.74, 6) is -3.39. The van der Waals surface area contributed by atoms with E-state index in [1.165, 1.54) is 20.8 Å². The van der Waals surface area contributed by atoms with Crippen molar-refractivity contribution in [1.29, 1.82) is 0 Å². The van der Waals surface area contributed by atoms with E-state index in [-0.39, 0.29) is 11.3 Å². The van der Waals surface area contributed by atoms with E-state index in [1.807, 2.05) is 0 Å². The van der Waals surface area contributed by atoms with Gasteiger partial charge in [-0.25, -0.2) is 9.59 Å². The van der Waals surface area contributed by atoms with E-state index in [0.717, 1.165) is 6.92 Å². The van der Waals surface area contributed by atoms with Crippen LogP contribution in [0.5, 0.6) is 0 Å². The Kier molecular flexibility index (Phi) is 9.28. The van der Waals surface area contributed by atoms with Crippen LogP contribution < -0.4 is 0 Å². The maximum absolute atomic E-state index is 13.4. The number of alkyl halides is 6. The third kappa shape index (κ3) is 7.28. The van der Waals surface area contributed by atoms with Crippen LogP contribution in [0.1, 0.15) is 27.7 Å². The SMILES string of the molecule is CC(=O)OCC1=C(C(=O)OC(C)(C)C)N2C(=O)[C@@H](N(C(=O)OCC(Cl)(Cl)Cl)S(=O)(=O)C(F)(F)F)[C@H]2SC1. The van der Waals surface area contributed by atoms with Gasteiger partial charge in [0, 0.05) is 18.2 Å². The number of nitrogens with zero attached hydrogens (tertiary/aromatic N) is 2. The maximum atomic E-state index is 13.4. The first-order valence-electron chi connectivity index (χ1n) is 9.96. The molecule has 0 aromatic rings. The van der Waals surface area contributed by atoms with Crippen molar-refractivity contribution < 1.29 is 55.0 Å². The highest BCUT2D eigenvalue weighted by molar-refractivity contribution is 8.00. The summed E-state index contributed by atoms with van der Waals surface area (Å²) in [5.41, 5.74) is -7.48. The highest BCUT2D eigenvalue weighted by Crippen LogP contribution is 2.45. The zero-order valence-electron chi connectivity index (χ0n) is 19.4. The summed E-state index contributed by atoms with van der Waals surface area (Å²) in [7, 11) is -6.48. The first-order chi connectivity index (χ1) is 16.6. The summed E-state index contributed by atoms with van der Waals surface area (Å²) in [6.45, 7) is 3.99. The van der Waals surface area contributed by atoms with Gasteiger partial charge in [-0.1, -0.05) is 34.8 Å². The number of ether oxygens (including phenoxy) is 3. The number of halogens is 6. The average molecular weight is 636 g/mol. The standard InChI is InChI=1S/C18H20Cl3F3N2O9S2/c1-8(27)33-5-9-6-36-13-11(12(28)25(13)10(9)14(29)35-16(2,3)4)26(37(31,32)18(22,23)24)15(30)34-7-17(19,20)21/h11,13H,5-7H2,1-4H3/t11-,13-/m1/s1. The minimum atomic E-state index is -6.48. The molecule has 1 saturated heterocycles. The molecule has 2 heterocycles. The summed E-state index contributed by atoms with van der Waals surface area (Å²) >= 11 is 17.0. The predicted molar refractivity (Wildman–Crippen MR) is 125 cm³/mol. The van der Waals surface area contributed by atoms with Crippen LogP contribution in [0.4, 0.5) is 18.0 Å². The minimum Gasteiger partial charge on any atom is -0.461 e. The second kappa shape index (κ2) is 10.9. The number of hydrogen-bond acceptors (Lipinski definition) is 10. The van der Waals surface area contributed by atoms with Crippen molar-refractivity contribution in [3.05, 3.63) is 11.3 Å². The van der Waals surface area contributed by atoms with Crippen molar-refractivity contribution >= 4 is 80.5 Å². The van der Waals surface area contributed by atoms with Gasteiger partial charge in [0.25, 0.3) is 5.91 Å². The first-order valence-corrected chi connectivity index (χ1v) is 13.6. The van der Waals surface area contributed by atoms with Crippen molar-refractivity contribution in [2.24, 2.45) is 0 Å². The molecule has 0 N–H and O–H groups in total. The van der Waals surface area contributed by atoms with E-state index in [1.54, 1.807) is 0 Å². The fraction of sp³-hybridized carbons (Fsp3) is 0.667. The van der Waals surface area contributed by atoms with Crippen molar-refractivity contribution in [3.63, 3.8) is 0 Å². The van der Waals surface area contributed by atoms with Gasteiger partial charge in [-0.2, -0.15) is 25.9 Å². The Bertz CT molecular complexity index is 1120. The Morgan fingerprint density at radius 2 is 1.70 bits per heavy atom. The molecule has 0 spiro atoms. The van der Waals surface area contributed by atoms with Gasteiger partial charge in [0.15, 0.2) is 6.04 Å². The normalized spacial score (nSPS) is 20.6. The van der Waals surface area contributed by atoms with Crippen molar-refractivity contribution in [3.8, 4) is 0 Å². The molecule has 0 aromatic heterocycles. The number of carbonyl (C=O) groups excluding carboxylic acids is 4. The Morgan fingerprint density at radius 3 is 2.16 bits per heavy atom. The Morgan fingerprint density at radius 1 is 1.14 bits per heavy atom. The molecule has 210 valence electrons. The van der Waals surface area contributed by atoms with Crippen LogP contribution in [0.3, 0.4) is 0 Å². The second-order valence-electron chi connectivity index (χ2n) is 8.51. The number of rotatable bonds is 6. The van der Waals surface area contributed by atoms with Gasteiger partial charge in [-0.3, -0.25) is 14.5 Å². The second-order valence-corrected chi connectivity index (χ2v) is 13.9. The molecule has 2 aliphatic rings. The zero-order valence-corrected chi connectivity index (χ0v) is 23.3. The van der Waals surface area contributed by atoms with Gasteiger partial charge in [0.2, 0.25) is 3.79 Å². The molecule has 19 heteroatoms. The van der Waals surface area contributed by atoms with Crippen molar-refractivity contribution in [2.45, 2.75) is 54.0 Å². The summed E-state index contributed by atoms with van der Waals surface area (Å²) in [4.78, 5) is 50.4. The summed E-state index contributed by atoms with van der Waals surface area (Å²) in [6, 6.07) is -2.27. The topological polar surface area (TPSA) is 137 Å². The molecule has 0 bridgehead atoms. The van der Waals surface area contributed by atoms with Crippen molar-refractivity contribution in [1.82, 2.24) is 9.21 Å². The molecule has 2 amide bonds. The number of sulfonamides is 1. The monoisotopic (exact) mass is 634 g/mol. The first kappa shape index (κ1) is 31.6. The lowest BCUT2D eigenvalue weighted by Crippen LogP contribution is -2.73. The fourth-order valence-electron chi connectivity index (χ4n) is 3.04. The number of amides is 2. The van der Waals surface area contributed by atoms with Crippen LogP contribution in [0.15, 0.2) is 11.3 Å². The van der Waals surface area contributed by atoms with Crippen LogP contribution in [0.25, 0.3) is 0 Å². The fourth-order valence-corrected chi connectivity index (χ4v) is 5.63. The summed E-state index contributed by atoms with van der Waals surface area (Å²) in [6.07, 6.45) is -2.13. The number of thioether (sulfide) groups is 1. The number of hydrogen-bond donors (Lipinski definition) is 0. The number of carbonyl (C=O) groups is 4. The zero-order chi connectivity index (χ0) is 28.7. The van der Waals surface area contributed by atoms with E-state index >= 15 is 0 Å². The number of fused-ring (bicyclic) bond motifs is 1. The quantitative estimate of drug-likeness (QED) is 0.185. The number of β-lactam (4-membered cyclic amide) rings is 1. The molecular formula is C18H20Cl3F3N2O9S2. The summed E-state index contributed by atoms with van der Waals surface area (Å²) < 4.78 is 76.4. The van der Waals surface area contributed by atoms with Gasteiger partial charge in [0.1, 0.15) is 29.9 Å². The van der Waals surface area contributed by atoms with E-state index in [4.69, 9.17) is 44.3 Å². The van der Waals surface area contributed by atoms with Crippen LogP contribution in [0, 0.1) is 0 Å². The molecule has 11 nitrogen and oxygen atoms in total. The predicted octanol–water partition coefficient (Wildman–Crippen LogP) is 3.09. The summed E-state index contributed by atoms with van der Waals surface area (Å²) in [5, 5.41) is -1.49. The van der Waals surface area contributed by atoms with E-state index in [9.17, 15) is 40.8 Å². The smallest absolute Gasteiger partial charge is 0.461 e. The highest BCUT2D eigenvalue weighted by Gasteiger charge is 2.65. The molecule has 0 saturated carbocycles. The Hall–Kier alpha value is -1.62. The lowest BCUT2D eigenvalue weighted by molar-refractivity contribution is -0.160. The molecule has 0 unspecified atom stereocenters. The van der Waals surface area contributed by atoms with E-state index in [2.05, 4.69) is 4.74 Å². The van der Waals surface area contributed by atoms with E-state index in [0.29, 0.717) is 16.7 Å². The van der Waals surface area contributed by atoms with Gasteiger partial charge < -0.3 is 14.2 Å². The van der Waals surface area contributed by atoms with Gasteiger partial charge in [-0.15, -0.1) is 11.8 Å². The Balaban J connectivity index is 2.53. The maximum Gasteiger partial charge on any atom is 0.516 e. The lowest BCUT2D eigenvalue weighted by Gasteiger charge is -2.52. The molecule has 2 aliphatic heterocycles. The molecule has 37 heavy (non-hydrogen) atoms. The van der Waals surface area contributed by atoms with Crippen LogP contribution in [0.2, 0.25) is 0 Å². The third-order valence-electron chi connectivity index (χ3n) is 4.40. The van der Waals surface area contributed by atoms with Gasteiger partial charge in [0.05, 0.1) is 0 Å². The van der Waals surface area contributed by atoms with Gasteiger partial charge in [-0.05, 0) is 20.8 Å². The largest absolute Gasteiger partial charge is 0.516 e. The Labute approximate surface area is 228 Å². The van der Waals surface area contributed by atoms with Gasteiger partial charge >= 0.3 is 33.6 Å². The van der Waals surface area contributed by atoms with Crippen LogP contribution in [-0.2, 0) is 38.6 Å². The van der Waals surface area contributed by atoms with Crippen LogP contribution in [-0.4, -0.2) is 86.8 Å². The van der Waals surface area contributed by atoms with Crippen molar-refractivity contribution in [2.75, 3.05) is 19.0 Å². The van der Waals surface area contributed by atoms with Crippen LogP contribution >= 0.6 is 46.6 Å². The molecular weight excluding hydrogens is 616 g/mol. The number of esters is 2. The molecule has 0 radical (unpaired) electrons. The minimum absolute atomic E-state index is 0.0708. The molecule has 0 aromatic carbocycles. The molecule has 2 atom stereocenters. The molecule has 2 rings (SSSR count). The highest BCUT2D eigenvalue weighted by atomic mass is 35.6. The molecule has 1 fully saturated rings. The molecule has 0 aliphatic carbocycles.